The number of carbonyl (C=O) groups excluding carboxylic acids is 1. The number of hydrogen-bond donors (Lipinski definition) is 1. The number of aromatic nitrogens is 1. The second-order valence-electron chi connectivity index (χ2n) is 6.06. The minimum atomic E-state index is -0.0961. The van der Waals surface area contributed by atoms with Gasteiger partial charge in [-0.25, -0.2) is 4.98 Å². The zero-order chi connectivity index (χ0) is 18.0. The SMILES string of the molecule is CC(=O)Nc1ncc(N2CCN(C(C)c3ccc(Cl)c(Cl)c3)CC2)s1. The lowest BCUT2D eigenvalue weighted by atomic mass is 10.1. The van der Waals surface area contributed by atoms with E-state index in [1.165, 1.54) is 23.8 Å². The number of nitrogens with zero attached hydrogens (tertiary/aromatic N) is 3. The molecule has 3 rings (SSSR count). The third-order valence-corrected chi connectivity index (χ3v) is 6.09. The van der Waals surface area contributed by atoms with E-state index in [4.69, 9.17) is 23.2 Å². The van der Waals surface area contributed by atoms with Gasteiger partial charge in [-0.1, -0.05) is 40.6 Å². The topological polar surface area (TPSA) is 48.5 Å². The van der Waals surface area contributed by atoms with E-state index in [2.05, 4.69) is 27.0 Å². The minimum absolute atomic E-state index is 0.0961. The van der Waals surface area contributed by atoms with Crippen LogP contribution in [0.4, 0.5) is 10.1 Å². The summed E-state index contributed by atoms with van der Waals surface area (Å²) in [5, 5.41) is 5.65. The Kier molecular flexibility index (Phi) is 5.84. The molecule has 1 aromatic carbocycles. The predicted molar refractivity (Wildman–Crippen MR) is 105 cm³/mol. The Balaban J connectivity index is 1.60. The molecule has 1 unspecified atom stereocenters. The Hall–Kier alpha value is -1.34. The van der Waals surface area contributed by atoms with Crippen LogP contribution in [0.1, 0.15) is 25.5 Å². The molecule has 2 heterocycles. The second-order valence-corrected chi connectivity index (χ2v) is 7.88. The van der Waals surface area contributed by atoms with E-state index in [-0.39, 0.29) is 11.9 Å². The van der Waals surface area contributed by atoms with Crippen molar-refractivity contribution in [2.75, 3.05) is 36.4 Å². The molecule has 1 fully saturated rings. The van der Waals surface area contributed by atoms with Crippen LogP contribution >= 0.6 is 34.5 Å². The molecule has 0 spiro atoms. The first kappa shape index (κ1) is 18.5. The number of anilines is 2. The third-order valence-electron chi connectivity index (χ3n) is 4.38. The van der Waals surface area contributed by atoms with Gasteiger partial charge in [0.25, 0.3) is 0 Å². The fourth-order valence-corrected chi connectivity index (χ4v) is 4.15. The highest BCUT2D eigenvalue weighted by molar-refractivity contribution is 7.19. The van der Waals surface area contributed by atoms with Gasteiger partial charge in [0.1, 0.15) is 5.00 Å². The van der Waals surface area contributed by atoms with Crippen molar-refractivity contribution < 1.29 is 4.79 Å². The first-order valence-corrected chi connectivity index (χ1v) is 9.68. The van der Waals surface area contributed by atoms with Gasteiger partial charge in [-0.15, -0.1) is 0 Å². The molecule has 1 aromatic heterocycles. The molecule has 25 heavy (non-hydrogen) atoms. The van der Waals surface area contributed by atoms with Crippen LogP contribution < -0.4 is 10.2 Å². The first-order valence-electron chi connectivity index (χ1n) is 8.11. The van der Waals surface area contributed by atoms with Crippen molar-refractivity contribution >= 4 is 50.6 Å². The molecule has 5 nitrogen and oxygen atoms in total. The molecule has 1 saturated heterocycles. The number of rotatable bonds is 4. The molecule has 0 bridgehead atoms. The van der Waals surface area contributed by atoms with Gasteiger partial charge in [0, 0.05) is 39.1 Å². The molecule has 134 valence electrons. The molecule has 2 aromatic rings. The fourth-order valence-electron chi connectivity index (χ4n) is 2.93. The predicted octanol–water partition coefficient (Wildman–Crippen LogP) is 4.29. The maximum absolute atomic E-state index is 11.1. The van der Waals surface area contributed by atoms with Crippen LogP contribution in [-0.2, 0) is 4.79 Å². The lowest BCUT2D eigenvalue weighted by molar-refractivity contribution is -0.114. The monoisotopic (exact) mass is 398 g/mol. The lowest BCUT2D eigenvalue weighted by Gasteiger charge is -2.38. The Bertz CT molecular complexity index is 759. The first-order chi connectivity index (χ1) is 11.9. The van der Waals surface area contributed by atoms with Crippen LogP contribution in [0.25, 0.3) is 0 Å². The largest absolute Gasteiger partial charge is 0.360 e. The molecule has 1 aliphatic heterocycles. The number of carbonyl (C=O) groups is 1. The summed E-state index contributed by atoms with van der Waals surface area (Å²) in [5.74, 6) is -0.0961. The molecule has 0 saturated carbocycles. The van der Waals surface area contributed by atoms with E-state index >= 15 is 0 Å². The highest BCUT2D eigenvalue weighted by atomic mass is 35.5. The average Bonchev–Trinajstić information content (AvgIpc) is 3.04. The van der Waals surface area contributed by atoms with Crippen molar-refractivity contribution in [1.82, 2.24) is 9.88 Å². The van der Waals surface area contributed by atoms with Gasteiger partial charge in [0.15, 0.2) is 5.13 Å². The van der Waals surface area contributed by atoms with Gasteiger partial charge in [-0.3, -0.25) is 9.69 Å². The summed E-state index contributed by atoms with van der Waals surface area (Å²) in [6.07, 6.45) is 1.83. The summed E-state index contributed by atoms with van der Waals surface area (Å²) in [6.45, 7) is 7.44. The Labute approximate surface area is 161 Å². The summed E-state index contributed by atoms with van der Waals surface area (Å²) < 4.78 is 0. The van der Waals surface area contributed by atoms with Crippen molar-refractivity contribution in [3.63, 3.8) is 0 Å². The van der Waals surface area contributed by atoms with E-state index < -0.39 is 0 Å². The van der Waals surface area contributed by atoms with E-state index in [9.17, 15) is 4.79 Å². The Morgan fingerprint density at radius 3 is 2.60 bits per heavy atom. The molecule has 1 N–H and O–H groups in total. The van der Waals surface area contributed by atoms with E-state index in [0.29, 0.717) is 15.2 Å². The van der Waals surface area contributed by atoms with Crippen molar-refractivity contribution in [3.8, 4) is 0 Å². The molecular weight excluding hydrogens is 379 g/mol. The van der Waals surface area contributed by atoms with Gasteiger partial charge in [0.2, 0.25) is 5.91 Å². The number of thiazole rings is 1. The molecule has 1 atom stereocenters. The highest BCUT2D eigenvalue weighted by Gasteiger charge is 2.23. The van der Waals surface area contributed by atoms with Crippen LogP contribution in [0.5, 0.6) is 0 Å². The maximum Gasteiger partial charge on any atom is 0.223 e. The molecule has 0 aliphatic carbocycles. The summed E-state index contributed by atoms with van der Waals surface area (Å²) in [6, 6.07) is 6.12. The van der Waals surface area contributed by atoms with E-state index in [0.717, 1.165) is 31.2 Å². The number of hydrogen-bond acceptors (Lipinski definition) is 5. The van der Waals surface area contributed by atoms with Gasteiger partial charge in [-0.2, -0.15) is 0 Å². The van der Waals surface area contributed by atoms with Crippen LogP contribution in [0.3, 0.4) is 0 Å². The van der Waals surface area contributed by atoms with Gasteiger partial charge < -0.3 is 10.2 Å². The normalized spacial score (nSPS) is 16.7. The Morgan fingerprint density at radius 1 is 1.24 bits per heavy atom. The van der Waals surface area contributed by atoms with Crippen LogP contribution in [0.15, 0.2) is 24.4 Å². The lowest BCUT2D eigenvalue weighted by Crippen LogP contribution is -2.47. The maximum atomic E-state index is 11.1. The number of piperazine rings is 1. The van der Waals surface area contributed by atoms with Gasteiger partial charge in [-0.05, 0) is 24.6 Å². The number of benzene rings is 1. The van der Waals surface area contributed by atoms with Crippen molar-refractivity contribution in [2.24, 2.45) is 0 Å². The minimum Gasteiger partial charge on any atom is -0.360 e. The van der Waals surface area contributed by atoms with Crippen LogP contribution in [-0.4, -0.2) is 42.0 Å². The number of nitrogens with one attached hydrogen (secondary N) is 1. The average molecular weight is 399 g/mol. The van der Waals surface area contributed by atoms with E-state index in [1.54, 1.807) is 0 Å². The second kappa shape index (κ2) is 7.91. The van der Waals surface area contributed by atoms with E-state index in [1.807, 2.05) is 24.4 Å². The highest BCUT2D eigenvalue weighted by Crippen LogP contribution is 2.31. The van der Waals surface area contributed by atoms with Crippen molar-refractivity contribution in [2.45, 2.75) is 19.9 Å². The smallest absolute Gasteiger partial charge is 0.223 e. The van der Waals surface area contributed by atoms with Crippen molar-refractivity contribution in [1.29, 1.82) is 0 Å². The van der Waals surface area contributed by atoms with Gasteiger partial charge in [0.05, 0.1) is 16.2 Å². The number of halogens is 2. The van der Waals surface area contributed by atoms with Gasteiger partial charge >= 0.3 is 0 Å². The number of amides is 1. The van der Waals surface area contributed by atoms with Crippen LogP contribution in [0, 0.1) is 0 Å². The zero-order valence-corrected chi connectivity index (χ0v) is 16.5. The standard InChI is InChI=1S/C17H20Cl2N4OS/c1-11(13-3-4-14(18)15(19)9-13)22-5-7-23(8-6-22)16-10-20-17(25-16)21-12(2)24/h3-4,9-11H,5-8H2,1-2H3,(H,20,21,24). The molecule has 8 heteroatoms. The van der Waals surface area contributed by atoms with Crippen molar-refractivity contribution in [3.05, 3.63) is 40.0 Å². The molecule has 1 amide bonds. The summed E-state index contributed by atoms with van der Waals surface area (Å²) in [7, 11) is 0. The quantitative estimate of drug-likeness (QED) is 0.833. The third kappa shape index (κ3) is 4.44. The summed E-state index contributed by atoms with van der Waals surface area (Å²) in [5.41, 5.74) is 1.17. The molecule has 1 aliphatic rings. The molecular formula is C17H20Cl2N4OS. The fraction of sp³-hybridized carbons (Fsp3) is 0.412. The Morgan fingerprint density at radius 2 is 1.96 bits per heavy atom. The zero-order valence-electron chi connectivity index (χ0n) is 14.1. The molecule has 0 radical (unpaired) electrons. The summed E-state index contributed by atoms with van der Waals surface area (Å²) >= 11 is 13.7. The summed E-state index contributed by atoms with van der Waals surface area (Å²) in [4.78, 5) is 20.1. The van der Waals surface area contributed by atoms with Crippen LogP contribution in [0.2, 0.25) is 10.0 Å².